The lowest BCUT2D eigenvalue weighted by Gasteiger charge is -2.08. The van der Waals surface area contributed by atoms with Crippen molar-refractivity contribution in [2.75, 3.05) is 7.11 Å². The summed E-state index contributed by atoms with van der Waals surface area (Å²) < 4.78 is 5.17. The zero-order chi connectivity index (χ0) is 14.8. The minimum absolute atomic E-state index is 0.282. The van der Waals surface area contributed by atoms with Gasteiger partial charge in [0.25, 0.3) is 5.91 Å². The lowest BCUT2D eigenvalue weighted by atomic mass is 10.0. The highest BCUT2D eigenvalue weighted by Gasteiger charge is 2.12. The Labute approximate surface area is 121 Å². The van der Waals surface area contributed by atoms with E-state index in [2.05, 4.69) is 16.0 Å². The zero-order valence-corrected chi connectivity index (χ0v) is 11.6. The van der Waals surface area contributed by atoms with Crippen LogP contribution in [0, 0.1) is 0 Å². The number of nitrogens with zero attached hydrogens (tertiary/aromatic N) is 1. The predicted molar refractivity (Wildman–Crippen MR) is 80.4 cm³/mol. The Balaban J connectivity index is 2.00. The molecule has 2 heterocycles. The molecule has 0 spiro atoms. The number of fused-ring (bicyclic) bond motifs is 1. The molecule has 0 bridgehead atoms. The Morgan fingerprint density at radius 1 is 1.33 bits per heavy atom. The lowest BCUT2D eigenvalue weighted by Crippen LogP contribution is -2.16. The van der Waals surface area contributed by atoms with Crippen LogP contribution in [0.15, 0.2) is 42.7 Å². The Morgan fingerprint density at radius 3 is 2.95 bits per heavy atom. The van der Waals surface area contributed by atoms with Gasteiger partial charge in [-0.1, -0.05) is 6.07 Å². The maximum Gasteiger partial charge on any atom is 0.267 e. The second kappa shape index (κ2) is 5.28. The number of benzene rings is 1. The fourth-order valence-corrected chi connectivity index (χ4v) is 2.39. The predicted octanol–water partition coefficient (Wildman–Crippen LogP) is 2.26. The number of hydrogen-bond acceptors (Lipinski definition) is 3. The van der Waals surface area contributed by atoms with Crippen molar-refractivity contribution in [2.45, 2.75) is 6.42 Å². The summed E-state index contributed by atoms with van der Waals surface area (Å²) in [6.45, 7) is 0. The number of methoxy groups -OCH3 is 1. The quantitative estimate of drug-likeness (QED) is 0.769. The Morgan fingerprint density at radius 2 is 2.19 bits per heavy atom. The molecule has 0 saturated heterocycles. The van der Waals surface area contributed by atoms with E-state index in [4.69, 9.17) is 10.5 Å². The molecule has 1 aromatic carbocycles. The molecule has 3 N–H and O–H groups in total. The van der Waals surface area contributed by atoms with Crippen LogP contribution in [-0.4, -0.2) is 23.0 Å². The molecule has 0 aliphatic heterocycles. The fourth-order valence-electron chi connectivity index (χ4n) is 2.39. The van der Waals surface area contributed by atoms with Crippen molar-refractivity contribution in [3.63, 3.8) is 0 Å². The second-order valence-corrected chi connectivity index (χ2v) is 4.82. The first kappa shape index (κ1) is 13.2. The monoisotopic (exact) mass is 281 g/mol. The van der Waals surface area contributed by atoms with E-state index < -0.39 is 5.91 Å². The van der Waals surface area contributed by atoms with Gasteiger partial charge < -0.3 is 15.5 Å². The van der Waals surface area contributed by atoms with Gasteiger partial charge in [0, 0.05) is 11.7 Å². The van der Waals surface area contributed by atoms with Gasteiger partial charge in [-0.05, 0) is 47.2 Å². The highest BCUT2D eigenvalue weighted by molar-refractivity contribution is 5.92. The third-order valence-corrected chi connectivity index (χ3v) is 3.42. The third-order valence-electron chi connectivity index (χ3n) is 3.42. The van der Waals surface area contributed by atoms with E-state index in [0.29, 0.717) is 12.2 Å². The smallest absolute Gasteiger partial charge is 0.267 e. The number of carbonyl (C=O) groups is 1. The number of pyridine rings is 1. The molecule has 0 aliphatic carbocycles. The Kier molecular flexibility index (Phi) is 3.31. The molecule has 5 nitrogen and oxygen atoms in total. The molecule has 3 rings (SSSR count). The minimum Gasteiger partial charge on any atom is -0.495 e. The van der Waals surface area contributed by atoms with Gasteiger partial charge in [-0.3, -0.25) is 4.79 Å². The van der Waals surface area contributed by atoms with Crippen LogP contribution in [0.3, 0.4) is 0 Å². The van der Waals surface area contributed by atoms with Crippen molar-refractivity contribution in [1.29, 1.82) is 0 Å². The van der Waals surface area contributed by atoms with E-state index in [1.165, 1.54) is 6.20 Å². The van der Waals surface area contributed by atoms with Crippen molar-refractivity contribution in [1.82, 2.24) is 9.97 Å². The van der Waals surface area contributed by atoms with Crippen LogP contribution < -0.4 is 10.5 Å². The summed E-state index contributed by atoms with van der Waals surface area (Å²) >= 11 is 0. The third kappa shape index (κ3) is 2.58. The van der Waals surface area contributed by atoms with Crippen LogP contribution in [0.2, 0.25) is 0 Å². The lowest BCUT2D eigenvalue weighted by molar-refractivity contribution is 0.0994. The van der Waals surface area contributed by atoms with E-state index in [9.17, 15) is 4.79 Å². The first-order valence-corrected chi connectivity index (χ1v) is 6.56. The molecule has 0 aliphatic rings. The van der Waals surface area contributed by atoms with Crippen LogP contribution >= 0.6 is 0 Å². The first-order valence-electron chi connectivity index (χ1n) is 6.56. The van der Waals surface area contributed by atoms with Crippen molar-refractivity contribution >= 4 is 16.8 Å². The molecule has 5 heteroatoms. The van der Waals surface area contributed by atoms with Crippen LogP contribution in [0.1, 0.15) is 21.6 Å². The Hall–Kier alpha value is -2.82. The molecule has 1 amide bonds. The van der Waals surface area contributed by atoms with Crippen LogP contribution in [0.5, 0.6) is 5.75 Å². The molecule has 106 valence electrons. The largest absolute Gasteiger partial charge is 0.495 e. The van der Waals surface area contributed by atoms with Gasteiger partial charge >= 0.3 is 0 Å². The number of aromatic amines is 1. The molecule has 0 atom stereocenters. The highest BCUT2D eigenvalue weighted by Crippen LogP contribution is 2.21. The van der Waals surface area contributed by atoms with Gasteiger partial charge in [0.05, 0.1) is 13.3 Å². The summed E-state index contributed by atoms with van der Waals surface area (Å²) in [6.07, 6.45) is 3.97. The van der Waals surface area contributed by atoms with Crippen molar-refractivity contribution in [2.24, 2.45) is 5.73 Å². The van der Waals surface area contributed by atoms with Gasteiger partial charge in [-0.2, -0.15) is 0 Å². The summed E-state index contributed by atoms with van der Waals surface area (Å²) in [5.74, 6) is 0.0769. The molecule has 2 aromatic heterocycles. The number of H-pyrrole nitrogens is 1. The summed E-state index contributed by atoms with van der Waals surface area (Å²) in [4.78, 5) is 18.7. The molecule has 0 fully saturated rings. The van der Waals surface area contributed by atoms with Crippen LogP contribution in [-0.2, 0) is 6.42 Å². The summed E-state index contributed by atoms with van der Waals surface area (Å²) in [5.41, 5.74) is 8.59. The summed E-state index contributed by atoms with van der Waals surface area (Å²) in [6, 6.07) is 9.92. The molecular weight excluding hydrogens is 266 g/mol. The van der Waals surface area contributed by atoms with Crippen molar-refractivity contribution < 1.29 is 9.53 Å². The highest BCUT2D eigenvalue weighted by atomic mass is 16.5. The number of carbonyl (C=O) groups excluding carboxylic acids is 1. The number of nitrogens with two attached hydrogens (primary N) is 1. The number of nitrogens with one attached hydrogen (secondary N) is 1. The van der Waals surface area contributed by atoms with E-state index in [1.54, 1.807) is 13.2 Å². The number of primary amides is 1. The second-order valence-electron chi connectivity index (χ2n) is 4.82. The maximum atomic E-state index is 11.5. The average Bonchev–Trinajstić information content (AvgIpc) is 2.94. The van der Waals surface area contributed by atoms with Crippen LogP contribution in [0.25, 0.3) is 10.9 Å². The standard InChI is InChI=1S/C16H15N3O2/c1-21-13-8-12(15(16(17)20)19-9-13)7-10-2-3-14-11(6-10)4-5-18-14/h2-6,8-9,18H,7H2,1H3,(H2,17,20). The van der Waals surface area contributed by atoms with E-state index in [1.807, 2.05) is 24.4 Å². The zero-order valence-electron chi connectivity index (χ0n) is 11.6. The van der Waals surface area contributed by atoms with Gasteiger partial charge in [0.2, 0.25) is 0 Å². The number of amides is 1. The molecule has 0 radical (unpaired) electrons. The summed E-state index contributed by atoms with van der Waals surface area (Å²) in [7, 11) is 1.57. The van der Waals surface area contributed by atoms with Crippen LogP contribution in [0.4, 0.5) is 0 Å². The van der Waals surface area contributed by atoms with E-state index >= 15 is 0 Å². The van der Waals surface area contributed by atoms with E-state index in [-0.39, 0.29) is 5.69 Å². The molecular formula is C16H15N3O2. The molecule has 0 unspecified atom stereocenters. The maximum absolute atomic E-state index is 11.5. The Bertz CT molecular complexity index is 808. The fraction of sp³-hybridized carbons (Fsp3) is 0.125. The van der Waals surface area contributed by atoms with Gasteiger partial charge in [-0.25, -0.2) is 4.98 Å². The molecule has 0 saturated carbocycles. The van der Waals surface area contributed by atoms with Gasteiger partial charge in [0.15, 0.2) is 0 Å². The number of aromatic nitrogens is 2. The van der Waals surface area contributed by atoms with Gasteiger partial charge in [-0.15, -0.1) is 0 Å². The van der Waals surface area contributed by atoms with Gasteiger partial charge in [0.1, 0.15) is 11.4 Å². The number of hydrogen-bond donors (Lipinski definition) is 2. The normalized spacial score (nSPS) is 10.7. The summed E-state index contributed by atoms with van der Waals surface area (Å²) in [5, 5.41) is 1.13. The number of ether oxygens (including phenoxy) is 1. The van der Waals surface area contributed by atoms with E-state index in [0.717, 1.165) is 22.0 Å². The molecule has 21 heavy (non-hydrogen) atoms. The topological polar surface area (TPSA) is 81.0 Å². The average molecular weight is 281 g/mol. The minimum atomic E-state index is -0.532. The van der Waals surface area contributed by atoms with Crippen molar-refractivity contribution in [3.05, 3.63) is 59.5 Å². The number of rotatable bonds is 4. The molecule has 3 aromatic rings. The SMILES string of the molecule is COc1cnc(C(N)=O)c(Cc2ccc3[nH]ccc3c2)c1. The van der Waals surface area contributed by atoms with Crippen molar-refractivity contribution in [3.8, 4) is 5.75 Å². The first-order chi connectivity index (χ1) is 10.2.